The zero-order valence-electron chi connectivity index (χ0n) is 20.3. The van der Waals surface area contributed by atoms with Crippen LogP contribution in [0, 0.1) is 0 Å². The van der Waals surface area contributed by atoms with Gasteiger partial charge in [0.1, 0.15) is 0 Å². The van der Waals surface area contributed by atoms with Crippen molar-refractivity contribution in [2.45, 2.75) is 67.5 Å². The zero-order chi connectivity index (χ0) is 24.0. The Hall–Kier alpha value is -2.48. The van der Waals surface area contributed by atoms with Gasteiger partial charge < -0.3 is 4.57 Å². The molecule has 2 heterocycles. The second-order valence-corrected chi connectivity index (χ2v) is 12.3. The van der Waals surface area contributed by atoms with E-state index >= 15 is 0 Å². The van der Waals surface area contributed by atoms with Crippen molar-refractivity contribution in [1.29, 1.82) is 0 Å². The van der Waals surface area contributed by atoms with E-state index in [9.17, 15) is 8.42 Å². The highest BCUT2D eigenvalue weighted by molar-refractivity contribution is 7.89. The maximum Gasteiger partial charge on any atom is 0.259 e. The number of benzene rings is 2. The molecule has 1 aromatic heterocycles. The van der Waals surface area contributed by atoms with E-state index in [0.717, 1.165) is 25.7 Å². The van der Waals surface area contributed by atoms with Gasteiger partial charge in [0, 0.05) is 31.2 Å². The first-order chi connectivity index (χ1) is 17.0. The molecule has 7 heteroatoms. The molecule has 0 unspecified atom stereocenters. The molecule has 6 nitrogen and oxygen atoms in total. The molecule has 1 saturated carbocycles. The first-order valence-corrected chi connectivity index (χ1v) is 14.4. The van der Waals surface area contributed by atoms with Crippen LogP contribution in [0.3, 0.4) is 0 Å². The molecule has 2 atom stereocenters. The Morgan fingerprint density at radius 2 is 1.89 bits per heavy atom. The van der Waals surface area contributed by atoms with Crippen molar-refractivity contribution in [2.24, 2.45) is 7.05 Å². The molecular weight excluding hydrogens is 456 g/mol. The van der Waals surface area contributed by atoms with Gasteiger partial charge in [-0.3, -0.25) is 4.90 Å². The molecular formula is C28H34N4O2S. The van der Waals surface area contributed by atoms with Crippen molar-refractivity contribution in [2.75, 3.05) is 13.1 Å². The lowest BCUT2D eigenvalue weighted by Crippen LogP contribution is -2.50. The molecule has 35 heavy (non-hydrogen) atoms. The quantitative estimate of drug-likeness (QED) is 0.544. The average molecular weight is 491 g/mol. The summed E-state index contributed by atoms with van der Waals surface area (Å²) >= 11 is 0. The van der Waals surface area contributed by atoms with Crippen LogP contribution < -0.4 is 4.72 Å². The highest BCUT2D eigenvalue weighted by Gasteiger charge is 2.38. The number of nitrogens with zero attached hydrogens (tertiary/aromatic N) is 3. The van der Waals surface area contributed by atoms with Gasteiger partial charge in [0.2, 0.25) is 0 Å². The predicted octanol–water partition coefficient (Wildman–Crippen LogP) is 3.99. The van der Waals surface area contributed by atoms with Crippen molar-refractivity contribution in [3.63, 3.8) is 0 Å². The number of rotatable bonds is 7. The number of nitrogens with one attached hydrogen (secondary N) is 1. The Kier molecular flexibility index (Phi) is 6.03. The Balaban J connectivity index is 1.19. The molecule has 2 aliphatic carbocycles. The minimum absolute atomic E-state index is 0.0306. The topological polar surface area (TPSA) is 67.2 Å². The fourth-order valence-corrected chi connectivity index (χ4v) is 7.41. The second kappa shape index (κ2) is 9.19. The van der Waals surface area contributed by atoms with Gasteiger partial charge in [0.25, 0.3) is 10.0 Å². The van der Waals surface area contributed by atoms with E-state index < -0.39 is 10.0 Å². The summed E-state index contributed by atoms with van der Waals surface area (Å²) in [7, 11) is -1.79. The fourth-order valence-electron chi connectivity index (χ4n) is 6.17. The molecule has 0 amide bonds. The molecule has 3 aromatic rings. The van der Waals surface area contributed by atoms with Crippen LogP contribution in [0.4, 0.5) is 0 Å². The summed E-state index contributed by atoms with van der Waals surface area (Å²) < 4.78 is 29.8. The third-order valence-corrected chi connectivity index (χ3v) is 9.69. The highest BCUT2D eigenvalue weighted by atomic mass is 32.2. The van der Waals surface area contributed by atoms with Crippen molar-refractivity contribution in [3.05, 3.63) is 83.3 Å². The molecule has 184 valence electrons. The summed E-state index contributed by atoms with van der Waals surface area (Å²) in [5.74, 6) is 0.915. The minimum atomic E-state index is -3.56. The number of aromatic nitrogens is 2. The smallest absolute Gasteiger partial charge is 0.259 e. The van der Waals surface area contributed by atoms with Crippen molar-refractivity contribution >= 4 is 10.0 Å². The third-order valence-electron chi connectivity index (χ3n) is 8.29. The monoisotopic (exact) mass is 490 g/mol. The zero-order valence-corrected chi connectivity index (χ0v) is 21.1. The van der Waals surface area contributed by atoms with Gasteiger partial charge in [0.15, 0.2) is 5.03 Å². The highest BCUT2D eigenvalue weighted by Crippen LogP contribution is 2.43. The maximum atomic E-state index is 12.6. The van der Waals surface area contributed by atoms with E-state index in [1.54, 1.807) is 17.8 Å². The van der Waals surface area contributed by atoms with Gasteiger partial charge in [-0.15, -0.1) is 0 Å². The van der Waals surface area contributed by atoms with E-state index in [-0.39, 0.29) is 11.1 Å². The molecule has 2 aromatic carbocycles. The first kappa shape index (κ1) is 23.0. The lowest BCUT2D eigenvalue weighted by atomic mass is 9.71. The number of likely N-dealkylation sites (tertiary alicyclic amines) is 1. The van der Waals surface area contributed by atoms with Crippen LogP contribution in [0.5, 0.6) is 0 Å². The summed E-state index contributed by atoms with van der Waals surface area (Å²) in [6.45, 7) is 2.46. The van der Waals surface area contributed by atoms with Crippen LogP contribution >= 0.6 is 0 Å². The van der Waals surface area contributed by atoms with Crippen LogP contribution in [0.2, 0.25) is 0 Å². The van der Waals surface area contributed by atoms with E-state index in [4.69, 9.17) is 0 Å². The van der Waals surface area contributed by atoms with Crippen LogP contribution in [-0.4, -0.2) is 48.0 Å². The SMILES string of the molecule is Cn1cnc(S(=O)(=O)N[C@H]2C[C@@H](c3ccc4c(c3)[C@@H](Cc3ccccc3)[C@@H](N3CCC3)CC4)C2)c1. The number of imidazole rings is 1. The number of hydrogen-bond donors (Lipinski definition) is 1. The van der Waals surface area contributed by atoms with Gasteiger partial charge >= 0.3 is 0 Å². The average Bonchev–Trinajstić information content (AvgIpc) is 3.24. The van der Waals surface area contributed by atoms with E-state index in [0.29, 0.717) is 17.9 Å². The Bertz CT molecular complexity index is 1290. The molecule has 1 aliphatic heterocycles. The second-order valence-electron chi connectivity index (χ2n) is 10.6. The van der Waals surface area contributed by atoms with Crippen molar-refractivity contribution in [1.82, 2.24) is 19.2 Å². The Labute approximate surface area is 208 Å². The summed E-state index contributed by atoms with van der Waals surface area (Å²) in [5.41, 5.74) is 5.79. The lowest BCUT2D eigenvalue weighted by Gasteiger charge is -2.46. The van der Waals surface area contributed by atoms with E-state index in [1.807, 2.05) is 0 Å². The summed E-state index contributed by atoms with van der Waals surface area (Å²) in [6, 6.07) is 18.6. The first-order valence-electron chi connectivity index (χ1n) is 12.9. The van der Waals surface area contributed by atoms with Gasteiger partial charge in [-0.05, 0) is 79.8 Å². The molecule has 0 spiro atoms. The molecule has 2 fully saturated rings. The van der Waals surface area contributed by atoms with Crippen LogP contribution in [-0.2, 0) is 29.9 Å². The molecule has 1 N–H and O–H groups in total. The van der Waals surface area contributed by atoms with Crippen molar-refractivity contribution < 1.29 is 8.42 Å². The lowest BCUT2D eigenvalue weighted by molar-refractivity contribution is 0.0876. The molecule has 0 radical (unpaired) electrons. The van der Waals surface area contributed by atoms with Crippen LogP contribution in [0.25, 0.3) is 0 Å². The maximum absolute atomic E-state index is 12.6. The normalized spacial score (nSPS) is 26.5. The molecule has 1 saturated heterocycles. The van der Waals surface area contributed by atoms with Crippen LogP contribution in [0.15, 0.2) is 66.1 Å². The number of fused-ring (bicyclic) bond motifs is 1. The fraction of sp³-hybridized carbons (Fsp3) is 0.464. The number of aryl methyl sites for hydroxylation is 2. The summed E-state index contributed by atoms with van der Waals surface area (Å²) in [6.07, 6.45) is 9.53. The Morgan fingerprint density at radius 3 is 2.57 bits per heavy atom. The third kappa shape index (κ3) is 4.57. The van der Waals surface area contributed by atoms with Crippen molar-refractivity contribution in [3.8, 4) is 0 Å². The molecule has 0 bridgehead atoms. The van der Waals surface area contributed by atoms with Gasteiger partial charge in [-0.25, -0.2) is 18.1 Å². The minimum Gasteiger partial charge on any atom is -0.339 e. The van der Waals surface area contributed by atoms with Gasteiger partial charge in [-0.1, -0.05) is 48.5 Å². The Morgan fingerprint density at radius 1 is 1.09 bits per heavy atom. The number of sulfonamides is 1. The summed E-state index contributed by atoms with van der Waals surface area (Å²) in [4.78, 5) is 6.70. The van der Waals surface area contributed by atoms with Gasteiger partial charge in [0.05, 0.1) is 6.33 Å². The van der Waals surface area contributed by atoms with E-state index in [2.05, 4.69) is 63.1 Å². The predicted molar refractivity (Wildman–Crippen MR) is 137 cm³/mol. The largest absolute Gasteiger partial charge is 0.339 e. The van der Waals surface area contributed by atoms with Gasteiger partial charge in [-0.2, -0.15) is 0 Å². The number of hydrogen-bond acceptors (Lipinski definition) is 4. The molecule has 3 aliphatic rings. The summed E-state index contributed by atoms with van der Waals surface area (Å²) in [5, 5.41) is 0.0954. The van der Waals surface area contributed by atoms with E-state index in [1.165, 1.54) is 54.5 Å². The molecule has 6 rings (SSSR count). The standard InChI is InChI=1S/C28H34N4O2S/c1-31-18-28(29-19-31)35(33,34)30-24-15-23(16-24)22-9-8-21-10-11-27(32-12-5-13-32)26(25(21)17-22)14-20-6-3-2-4-7-20/h2-4,6-9,17-19,23-24,26-27,30H,5,10-16H2,1H3/t23-,24+,26-,27+/m1/s1. The van der Waals surface area contributed by atoms with Crippen LogP contribution in [0.1, 0.15) is 59.8 Å².